The van der Waals surface area contributed by atoms with Crippen molar-refractivity contribution in [3.63, 3.8) is 0 Å². The van der Waals surface area contributed by atoms with Crippen LogP contribution in [0.15, 0.2) is 16.5 Å². The number of rotatable bonds is 4. The first-order valence-corrected chi connectivity index (χ1v) is 4.53. The van der Waals surface area contributed by atoms with Crippen LogP contribution in [0, 0.1) is 0 Å². The van der Waals surface area contributed by atoms with E-state index >= 15 is 0 Å². The van der Waals surface area contributed by atoms with Gasteiger partial charge in [0.2, 0.25) is 0 Å². The summed E-state index contributed by atoms with van der Waals surface area (Å²) >= 11 is 0. The van der Waals surface area contributed by atoms with Gasteiger partial charge in [-0.1, -0.05) is 0 Å². The van der Waals surface area contributed by atoms with Gasteiger partial charge in [0.05, 0.1) is 0 Å². The Bertz CT molecular complexity index is 389. The van der Waals surface area contributed by atoms with Crippen LogP contribution in [0.4, 0.5) is 0 Å². The molecule has 1 aromatic heterocycles. The topological polar surface area (TPSA) is 93.8 Å². The van der Waals surface area contributed by atoms with Gasteiger partial charge in [0.15, 0.2) is 12.0 Å². The highest BCUT2D eigenvalue weighted by atomic mass is 32.3. The van der Waals surface area contributed by atoms with E-state index in [2.05, 4.69) is 4.18 Å². The molecule has 1 aromatic rings. The first-order valence-electron chi connectivity index (χ1n) is 3.17. The first kappa shape index (κ1) is 9.90. The third-order valence-electron chi connectivity index (χ3n) is 1.15. The third kappa shape index (κ3) is 3.36. The molecule has 0 unspecified atom stereocenters. The van der Waals surface area contributed by atoms with E-state index in [-0.39, 0.29) is 11.5 Å². The standard InChI is InChI=1S/C6H6O6S/c7-3-5-1-2-6(12-5)4-11-13(8,9)10/h1-3H,4H2,(H,8,9,10). The van der Waals surface area contributed by atoms with Crippen molar-refractivity contribution >= 4 is 16.7 Å². The molecule has 13 heavy (non-hydrogen) atoms. The van der Waals surface area contributed by atoms with Crippen molar-refractivity contribution in [2.24, 2.45) is 0 Å². The van der Waals surface area contributed by atoms with Gasteiger partial charge in [0.1, 0.15) is 12.4 Å². The predicted molar refractivity (Wildman–Crippen MR) is 40.4 cm³/mol. The maximum atomic E-state index is 10.1. The van der Waals surface area contributed by atoms with Crippen molar-refractivity contribution in [3.8, 4) is 0 Å². The molecular formula is C6H6O6S. The zero-order valence-electron chi connectivity index (χ0n) is 6.34. The fourth-order valence-corrected chi connectivity index (χ4v) is 0.933. The molecule has 1 heterocycles. The first-order chi connectivity index (χ1) is 6.01. The van der Waals surface area contributed by atoms with Crippen LogP contribution >= 0.6 is 0 Å². The predicted octanol–water partition coefficient (Wildman–Crippen LogP) is 0.412. The number of carbonyl (C=O) groups excluding carboxylic acids is 1. The van der Waals surface area contributed by atoms with Crippen LogP contribution in [-0.2, 0) is 21.2 Å². The molecule has 0 aliphatic heterocycles. The van der Waals surface area contributed by atoms with Crippen LogP contribution in [-0.4, -0.2) is 19.3 Å². The lowest BCUT2D eigenvalue weighted by molar-refractivity contribution is 0.109. The van der Waals surface area contributed by atoms with Gasteiger partial charge in [-0.05, 0) is 12.1 Å². The number of aldehydes is 1. The minimum Gasteiger partial charge on any atom is -0.456 e. The van der Waals surface area contributed by atoms with Crippen LogP contribution in [0.5, 0.6) is 0 Å². The van der Waals surface area contributed by atoms with Crippen molar-refractivity contribution in [2.75, 3.05) is 0 Å². The Kier molecular flexibility index (Phi) is 2.81. The molecule has 0 bridgehead atoms. The number of hydrogen-bond acceptors (Lipinski definition) is 5. The third-order valence-corrected chi connectivity index (χ3v) is 1.56. The molecule has 0 amide bonds. The van der Waals surface area contributed by atoms with Crippen molar-refractivity contribution in [1.29, 1.82) is 0 Å². The van der Waals surface area contributed by atoms with E-state index in [1.807, 2.05) is 0 Å². The molecule has 7 heteroatoms. The second-order valence-electron chi connectivity index (χ2n) is 2.11. The summed E-state index contributed by atoms with van der Waals surface area (Å²) in [6.07, 6.45) is 0.469. The molecule has 0 fully saturated rings. The van der Waals surface area contributed by atoms with Crippen LogP contribution in [0.1, 0.15) is 16.3 Å². The number of carbonyl (C=O) groups is 1. The van der Waals surface area contributed by atoms with Gasteiger partial charge in [0, 0.05) is 0 Å². The largest absolute Gasteiger partial charge is 0.456 e. The molecule has 0 radical (unpaired) electrons. The number of hydrogen-bond donors (Lipinski definition) is 1. The van der Waals surface area contributed by atoms with Gasteiger partial charge in [-0.25, -0.2) is 4.18 Å². The molecule has 72 valence electrons. The fraction of sp³-hybridized carbons (Fsp3) is 0.167. The summed E-state index contributed by atoms with van der Waals surface area (Å²) in [5.74, 6) is 0.202. The highest BCUT2D eigenvalue weighted by Gasteiger charge is 2.07. The van der Waals surface area contributed by atoms with Crippen LogP contribution in [0.3, 0.4) is 0 Å². The SMILES string of the molecule is O=Cc1ccc(COS(=O)(=O)O)o1. The summed E-state index contributed by atoms with van der Waals surface area (Å²) in [4.78, 5) is 10.1. The molecule has 0 spiro atoms. The van der Waals surface area contributed by atoms with Crippen LogP contribution in [0.2, 0.25) is 0 Å². The molecule has 0 aliphatic carbocycles. The summed E-state index contributed by atoms with van der Waals surface area (Å²) in [7, 11) is -4.47. The van der Waals surface area contributed by atoms with E-state index < -0.39 is 17.0 Å². The lowest BCUT2D eigenvalue weighted by Crippen LogP contribution is -2.02. The van der Waals surface area contributed by atoms with Crippen LogP contribution < -0.4 is 0 Å². The van der Waals surface area contributed by atoms with E-state index in [0.29, 0.717) is 6.29 Å². The van der Waals surface area contributed by atoms with Gasteiger partial charge in [0.25, 0.3) is 0 Å². The average Bonchev–Trinajstić information content (AvgIpc) is 2.47. The van der Waals surface area contributed by atoms with E-state index in [4.69, 9.17) is 8.97 Å². The quantitative estimate of drug-likeness (QED) is 0.566. The second kappa shape index (κ2) is 3.69. The molecule has 0 saturated carbocycles. The minimum absolute atomic E-state index is 0.0638. The normalized spacial score (nSPS) is 11.5. The lowest BCUT2D eigenvalue weighted by atomic mass is 10.4. The average molecular weight is 206 g/mol. The Morgan fingerprint density at radius 3 is 2.69 bits per heavy atom. The highest BCUT2D eigenvalue weighted by molar-refractivity contribution is 7.80. The van der Waals surface area contributed by atoms with E-state index in [1.165, 1.54) is 12.1 Å². The van der Waals surface area contributed by atoms with Crippen molar-refractivity contribution in [3.05, 3.63) is 23.7 Å². The number of furan rings is 1. The van der Waals surface area contributed by atoms with Crippen molar-refractivity contribution < 1.29 is 26.4 Å². The maximum Gasteiger partial charge on any atom is 0.397 e. The molecule has 0 saturated heterocycles. The van der Waals surface area contributed by atoms with Gasteiger partial charge in [-0.15, -0.1) is 0 Å². The summed E-state index contributed by atoms with van der Waals surface area (Å²) in [6, 6.07) is 2.73. The van der Waals surface area contributed by atoms with Gasteiger partial charge < -0.3 is 4.42 Å². The van der Waals surface area contributed by atoms with Crippen molar-refractivity contribution in [2.45, 2.75) is 6.61 Å². The smallest absolute Gasteiger partial charge is 0.397 e. The molecule has 1 N–H and O–H groups in total. The van der Waals surface area contributed by atoms with Gasteiger partial charge in [-0.2, -0.15) is 8.42 Å². The molecule has 0 atom stereocenters. The molecule has 0 aromatic carbocycles. The molecular weight excluding hydrogens is 200 g/mol. The van der Waals surface area contributed by atoms with E-state index in [1.54, 1.807) is 0 Å². The summed E-state index contributed by atoms with van der Waals surface area (Å²) in [5, 5.41) is 0. The van der Waals surface area contributed by atoms with Crippen molar-refractivity contribution in [1.82, 2.24) is 0 Å². The summed E-state index contributed by atoms with van der Waals surface area (Å²) in [5.41, 5.74) is 0. The Hall–Kier alpha value is -1.18. The van der Waals surface area contributed by atoms with Gasteiger partial charge in [-0.3, -0.25) is 9.35 Å². The molecule has 1 rings (SSSR count). The zero-order chi connectivity index (χ0) is 9.90. The molecule has 0 aliphatic rings. The summed E-state index contributed by atoms with van der Waals surface area (Å²) in [6.45, 7) is -0.438. The Balaban J connectivity index is 2.60. The highest BCUT2D eigenvalue weighted by Crippen LogP contribution is 2.07. The van der Waals surface area contributed by atoms with E-state index in [0.717, 1.165) is 0 Å². The van der Waals surface area contributed by atoms with Crippen LogP contribution in [0.25, 0.3) is 0 Å². The zero-order valence-corrected chi connectivity index (χ0v) is 7.15. The Morgan fingerprint density at radius 1 is 1.54 bits per heavy atom. The Morgan fingerprint density at radius 2 is 2.23 bits per heavy atom. The van der Waals surface area contributed by atoms with Gasteiger partial charge >= 0.3 is 10.4 Å². The second-order valence-corrected chi connectivity index (χ2v) is 3.20. The summed E-state index contributed by atoms with van der Waals surface area (Å²) < 4.78 is 37.1. The minimum atomic E-state index is -4.47. The van der Waals surface area contributed by atoms with E-state index in [9.17, 15) is 13.2 Å². The monoisotopic (exact) mass is 206 g/mol. The molecule has 6 nitrogen and oxygen atoms in total. The lowest BCUT2D eigenvalue weighted by Gasteiger charge is -1.94. The Labute approximate surface area is 74.1 Å². The fourth-order valence-electron chi connectivity index (χ4n) is 0.668. The maximum absolute atomic E-state index is 10.1.